The molecular weight excluding hydrogens is 350 g/mol. The van der Waals surface area contributed by atoms with Crippen molar-refractivity contribution in [3.05, 3.63) is 52.8 Å². The number of rotatable bonds is 5. The molecule has 0 saturated carbocycles. The highest BCUT2D eigenvalue weighted by Crippen LogP contribution is 2.38. The molecule has 0 aliphatic carbocycles. The summed E-state index contributed by atoms with van der Waals surface area (Å²) < 4.78 is 11.1. The third kappa shape index (κ3) is 3.66. The third-order valence-electron chi connectivity index (χ3n) is 3.68. The first-order chi connectivity index (χ1) is 12.5. The molecule has 0 saturated heterocycles. The summed E-state index contributed by atoms with van der Waals surface area (Å²) in [5.74, 6) is 1.51. The Hall–Kier alpha value is -2.97. The minimum atomic E-state index is -0.0343. The second-order valence-corrected chi connectivity index (χ2v) is 6.38. The smallest absolute Gasteiger partial charge is 0.180 e. The zero-order chi connectivity index (χ0) is 18.7. The average Bonchev–Trinajstić information content (AvgIpc) is 3.05. The molecule has 1 N–H and O–H groups in total. The zero-order valence-corrected chi connectivity index (χ0v) is 15.5. The van der Waals surface area contributed by atoms with Crippen LogP contribution in [0.25, 0.3) is 22.7 Å². The number of ether oxygens (including phenoxy) is 2. The fourth-order valence-electron chi connectivity index (χ4n) is 2.57. The van der Waals surface area contributed by atoms with E-state index in [0.717, 1.165) is 16.6 Å². The molecule has 0 atom stereocenters. The van der Waals surface area contributed by atoms with E-state index in [4.69, 9.17) is 21.1 Å². The van der Waals surface area contributed by atoms with Crippen molar-refractivity contribution in [2.45, 2.75) is 20.0 Å². The van der Waals surface area contributed by atoms with Crippen LogP contribution in [-0.4, -0.2) is 23.2 Å². The van der Waals surface area contributed by atoms with Crippen LogP contribution < -0.4 is 9.47 Å². The number of imidazole rings is 1. The average molecular weight is 368 g/mol. The lowest BCUT2D eigenvalue weighted by Gasteiger charge is -2.15. The minimum absolute atomic E-state index is 0.0343. The lowest BCUT2D eigenvalue weighted by molar-refractivity contribution is 0.230. The van der Waals surface area contributed by atoms with Crippen molar-refractivity contribution in [2.24, 2.45) is 0 Å². The van der Waals surface area contributed by atoms with Gasteiger partial charge in [0, 0.05) is 0 Å². The predicted octanol–water partition coefficient (Wildman–Crippen LogP) is 5.08. The van der Waals surface area contributed by atoms with Crippen LogP contribution in [0.4, 0.5) is 0 Å². The molecule has 0 aliphatic heterocycles. The van der Waals surface area contributed by atoms with Gasteiger partial charge in [-0.2, -0.15) is 5.26 Å². The largest absolute Gasteiger partial charge is 0.493 e. The fourth-order valence-corrected chi connectivity index (χ4v) is 2.84. The molecule has 0 fully saturated rings. The van der Waals surface area contributed by atoms with Gasteiger partial charge in [-0.05, 0) is 49.8 Å². The van der Waals surface area contributed by atoms with Crippen LogP contribution in [0.1, 0.15) is 25.2 Å². The molecule has 0 radical (unpaired) electrons. The highest BCUT2D eigenvalue weighted by molar-refractivity contribution is 6.32. The molecule has 1 aromatic heterocycles. The van der Waals surface area contributed by atoms with Gasteiger partial charge in [0.1, 0.15) is 11.9 Å². The van der Waals surface area contributed by atoms with Gasteiger partial charge in [-0.3, -0.25) is 0 Å². The molecule has 0 amide bonds. The molecule has 0 bridgehead atoms. The summed E-state index contributed by atoms with van der Waals surface area (Å²) in [7, 11) is 1.55. The molecule has 2 aromatic carbocycles. The third-order valence-corrected chi connectivity index (χ3v) is 3.96. The number of halogens is 1. The molecule has 0 spiro atoms. The number of nitrogens with one attached hydrogen (secondary N) is 1. The number of nitrogens with zero attached hydrogens (tertiary/aromatic N) is 2. The van der Waals surface area contributed by atoms with Gasteiger partial charge in [-0.15, -0.1) is 0 Å². The Morgan fingerprint density at radius 1 is 1.31 bits per heavy atom. The van der Waals surface area contributed by atoms with Crippen molar-refractivity contribution in [2.75, 3.05) is 7.11 Å². The standard InChI is InChI=1S/C20H18ClN3O2/c1-12(2)26-19-15(21)9-13(10-18(19)25-3)8-14(11-22)20-23-16-6-4-5-7-17(16)24-20/h4-10,12H,1-3H3,(H,23,24)/b14-8+. The van der Waals surface area contributed by atoms with Crippen LogP contribution in [0.5, 0.6) is 11.5 Å². The number of methoxy groups -OCH3 is 1. The maximum atomic E-state index is 9.57. The highest BCUT2D eigenvalue weighted by Gasteiger charge is 2.14. The van der Waals surface area contributed by atoms with Crippen molar-refractivity contribution < 1.29 is 9.47 Å². The number of nitriles is 1. The van der Waals surface area contributed by atoms with E-state index < -0.39 is 0 Å². The first-order valence-corrected chi connectivity index (χ1v) is 8.50. The Kier molecular flexibility index (Phi) is 5.15. The van der Waals surface area contributed by atoms with Gasteiger partial charge in [0.15, 0.2) is 11.5 Å². The maximum absolute atomic E-state index is 9.57. The minimum Gasteiger partial charge on any atom is -0.493 e. The molecule has 3 aromatic rings. The number of allylic oxidation sites excluding steroid dienone is 1. The van der Waals surface area contributed by atoms with Crippen LogP contribution >= 0.6 is 11.6 Å². The van der Waals surface area contributed by atoms with Gasteiger partial charge < -0.3 is 14.5 Å². The number of para-hydroxylation sites is 2. The number of fused-ring (bicyclic) bond motifs is 1. The molecule has 26 heavy (non-hydrogen) atoms. The normalized spacial score (nSPS) is 11.6. The van der Waals surface area contributed by atoms with E-state index >= 15 is 0 Å². The van der Waals surface area contributed by atoms with Gasteiger partial charge >= 0.3 is 0 Å². The number of aromatic amines is 1. The highest BCUT2D eigenvalue weighted by atomic mass is 35.5. The number of benzene rings is 2. The fraction of sp³-hybridized carbons (Fsp3) is 0.200. The second kappa shape index (κ2) is 7.51. The van der Waals surface area contributed by atoms with Gasteiger partial charge in [-0.1, -0.05) is 23.7 Å². The maximum Gasteiger partial charge on any atom is 0.180 e. The molecule has 5 nitrogen and oxygen atoms in total. The number of hydrogen-bond acceptors (Lipinski definition) is 4. The van der Waals surface area contributed by atoms with Gasteiger partial charge in [0.2, 0.25) is 0 Å². The molecule has 1 heterocycles. The van der Waals surface area contributed by atoms with Crippen LogP contribution in [0.15, 0.2) is 36.4 Å². The summed E-state index contributed by atoms with van der Waals surface area (Å²) >= 11 is 6.35. The molecule has 3 rings (SSSR count). The Bertz CT molecular complexity index is 983. The second-order valence-electron chi connectivity index (χ2n) is 5.97. The molecule has 6 heteroatoms. The molecule has 0 aliphatic rings. The van der Waals surface area contributed by atoms with E-state index in [1.54, 1.807) is 25.3 Å². The molecular formula is C20H18ClN3O2. The monoisotopic (exact) mass is 367 g/mol. The first kappa shape index (κ1) is 17.8. The zero-order valence-electron chi connectivity index (χ0n) is 14.7. The molecule has 0 unspecified atom stereocenters. The van der Waals surface area contributed by atoms with E-state index in [1.807, 2.05) is 38.1 Å². The van der Waals surface area contributed by atoms with Crippen molar-refractivity contribution >= 4 is 34.3 Å². The summed E-state index contributed by atoms with van der Waals surface area (Å²) in [6.45, 7) is 3.83. The quantitative estimate of drug-likeness (QED) is 0.638. The van der Waals surface area contributed by atoms with Crippen LogP contribution in [0.3, 0.4) is 0 Å². The van der Waals surface area contributed by atoms with E-state index in [-0.39, 0.29) is 6.10 Å². The van der Waals surface area contributed by atoms with Crippen LogP contribution in [0, 0.1) is 11.3 Å². The van der Waals surface area contributed by atoms with Gasteiger partial charge in [0.05, 0.1) is 34.8 Å². The lowest BCUT2D eigenvalue weighted by Crippen LogP contribution is -2.07. The topological polar surface area (TPSA) is 70.9 Å². The lowest BCUT2D eigenvalue weighted by atomic mass is 10.1. The molecule has 132 valence electrons. The SMILES string of the molecule is COc1cc(/C=C(\C#N)c2nc3ccccc3[nH]2)cc(Cl)c1OC(C)C. The van der Waals surface area contributed by atoms with Crippen LogP contribution in [-0.2, 0) is 0 Å². The predicted molar refractivity (Wildman–Crippen MR) is 103 cm³/mol. The Balaban J connectivity index is 2.04. The summed E-state index contributed by atoms with van der Waals surface area (Å²) in [6, 6.07) is 13.3. The van der Waals surface area contributed by atoms with Crippen LogP contribution in [0.2, 0.25) is 5.02 Å². The van der Waals surface area contributed by atoms with E-state index in [9.17, 15) is 5.26 Å². The van der Waals surface area contributed by atoms with E-state index in [1.165, 1.54) is 0 Å². The summed E-state index contributed by atoms with van der Waals surface area (Å²) in [5.41, 5.74) is 2.80. The Morgan fingerprint density at radius 3 is 2.73 bits per heavy atom. The summed E-state index contributed by atoms with van der Waals surface area (Å²) in [4.78, 5) is 7.62. The van der Waals surface area contributed by atoms with Gasteiger partial charge in [-0.25, -0.2) is 4.98 Å². The number of aromatic nitrogens is 2. The van der Waals surface area contributed by atoms with Gasteiger partial charge in [0.25, 0.3) is 0 Å². The van der Waals surface area contributed by atoms with Crippen molar-refractivity contribution in [1.29, 1.82) is 5.26 Å². The first-order valence-electron chi connectivity index (χ1n) is 8.13. The van der Waals surface area contributed by atoms with Crippen molar-refractivity contribution in [3.8, 4) is 17.6 Å². The van der Waals surface area contributed by atoms with E-state index in [2.05, 4.69) is 16.0 Å². The Labute approximate surface area is 156 Å². The van der Waals surface area contributed by atoms with E-state index in [0.29, 0.717) is 27.9 Å². The van der Waals surface area contributed by atoms with Crippen molar-refractivity contribution in [1.82, 2.24) is 9.97 Å². The van der Waals surface area contributed by atoms with Crippen molar-refractivity contribution in [3.63, 3.8) is 0 Å². The summed E-state index contributed by atoms with van der Waals surface area (Å²) in [6.07, 6.45) is 1.68. The summed E-state index contributed by atoms with van der Waals surface area (Å²) in [5, 5.41) is 9.99. The number of H-pyrrole nitrogens is 1. The number of hydrogen-bond donors (Lipinski definition) is 1. The Morgan fingerprint density at radius 2 is 2.08 bits per heavy atom.